The van der Waals surface area contributed by atoms with Gasteiger partial charge in [-0.2, -0.15) is 0 Å². The van der Waals surface area contributed by atoms with Crippen LogP contribution in [0.1, 0.15) is 13.3 Å². The minimum absolute atomic E-state index is 0.0382. The highest BCUT2D eigenvalue weighted by Gasteiger charge is 2.26. The fourth-order valence-corrected chi connectivity index (χ4v) is 1.31. The largest absolute Gasteiger partial charge is 0.368 e. The molecule has 1 aliphatic rings. The number of rotatable bonds is 2. The molecule has 2 amide bonds. The lowest BCUT2D eigenvalue weighted by Gasteiger charge is -2.12. The number of carbonyl (C=O) groups is 2. The number of primary amides is 1. The van der Waals surface area contributed by atoms with Gasteiger partial charge in [0.2, 0.25) is 11.8 Å². The van der Waals surface area contributed by atoms with Crippen LogP contribution in [0.25, 0.3) is 0 Å². The Morgan fingerprint density at radius 1 is 1.82 bits per heavy atom. The molecule has 0 radical (unpaired) electrons. The SMILES string of the molecule is CC1CC(=O)N(CC(N)=O)C1. The molecule has 0 aromatic carbocycles. The van der Waals surface area contributed by atoms with Crippen LogP contribution in [0.2, 0.25) is 0 Å². The second-order valence-corrected chi connectivity index (χ2v) is 3.05. The molecular weight excluding hydrogens is 144 g/mol. The van der Waals surface area contributed by atoms with E-state index in [2.05, 4.69) is 0 Å². The quantitative estimate of drug-likeness (QED) is 0.577. The second-order valence-electron chi connectivity index (χ2n) is 3.05. The van der Waals surface area contributed by atoms with Crippen LogP contribution < -0.4 is 5.73 Å². The topological polar surface area (TPSA) is 63.4 Å². The first-order chi connectivity index (χ1) is 5.09. The van der Waals surface area contributed by atoms with Crippen LogP contribution in [-0.4, -0.2) is 29.8 Å². The van der Waals surface area contributed by atoms with Gasteiger partial charge in [-0.05, 0) is 5.92 Å². The summed E-state index contributed by atoms with van der Waals surface area (Å²) in [6.07, 6.45) is 0.549. The first kappa shape index (κ1) is 8.04. The third-order valence-electron chi connectivity index (χ3n) is 1.75. The average molecular weight is 156 g/mol. The maximum Gasteiger partial charge on any atom is 0.237 e. The lowest BCUT2D eigenvalue weighted by Crippen LogP contribution is -2.34. The van der Waals surface area contributed by atoms with E-state index in [0.29, 0.717) is 18.9 Å². The van der Waals surface area contributed by atoms with E-state index >= 15 is 0 Å². The Hall–Kier alpha value is -1.06. The summed E-state index contributed by atoms with van der Waals surface area (Å²) in [7, 11) is 0. The van der Waals surface area contributed by atoms with Crippen molar-refractivity contribution in [2.24, 2.45) is 11.7 Å². The third kappa shape index (κ3) is 1.93. The molecule has 0 aromatic rings. The Morgan fingerprint density at radius 2 is 2.45 bits per heavy atom. The number of nitrogens with zero attached hydrogens (tertiary/aromatic N) is 1. The Bertz CT molecular complexity index is 191. The molecule has 1 saturated heterocycles. The van der Waals surface area contributed by atoms with Crippen LogP contribution in [0.5, 0.6) is 0 Å². The Morgan fingerprint density at radius 3 is 2.82 bits per heavy atom. The van der Waals surface area contributed by atoms with Crippen LogP contribution in [0, 0.1) is 5.92 Å². The van der Waals surface area contributed by atoms with Crippen LogP contribution in [0.15, 0.2) is 0 Å². The molecule has 2 N–H and O–H groups in total. The predicted octanol–water partition coefficient (Wildman–Crippen LogP) is -0.660. The van der Waals surface area contributed by atoms with Crippen LogP contribution in [0.4, 0.5) is 0 Å². The highest BCUT2D eigenvalue weighted by atomic mass is 16.2. The van der Waals surface area contributed by atoms with Crippen LogP contribution >= 0.6 is 0 Å². The first-order valence-corrected chi connectivity index (χ1v) is 3.65. The minimum atomic E-state index is -0.438. The molecule has 11 heavy (non-hydrogen) atoms. The zero-order valence-corrected chi connectivity index (χ0v) is 6.54. The number of carbonyl (C=O) groups excluding carboxylic acids is 2. The van der Waals surface area contributed by atoms with Gasteiger partial charge < -0.3 is 10.6 Å². The molecule has 4 nitrogen and oxygen atoms in total. The summed E-state index contributed by atoms with van der Waals surface area (Å²) in [5, 5.41) is 0. The zero-order chi connectivity index (χ0) is 8.43. The lowest BCUT2D eigenvalue weighted by molar-refractivity contribution is -0.132. The smallest absolute Gasteiger partial charge is 0.237 e. The number of likely N-dealkylation sites (tertiary alicyclic amines) is 1. The standard InChI is InChI=1S/C7H12N2O2/c1-5-2-7(11)9(3-5)4-6(8)10/h5H,2-4H2,1H3,(H2,8,10). The van der Waals surface area contributed by atoms with Gasteiger partial charge in [0.1, 0.15) is 0 Å². The van der Waals surface area contributed by atoms with E-state index in [9.17, 15) is 9.59 Å². The van der Waals surface area contributed by atoms with Gasteiger partial charge in [0.05, 0.1) is 6.54 Å². The molecule has 1 aliphatic heterocycles. The fourth-order valence-electron chi connectivity index (χ4n) is 1.31. The normalized spacial score (nSPS) is 24.3. The van der Waals surface area contributed by atoms with Crippen molar-refractivity contribution < 1.29 is 9.59 Å². The van der Waals surface area contributed by atoms with Gasteiger partial charge in [-0.15, -0.1) is 0 Å². The fraction of sp³-hybridized carbons (Fsp3) is 0.714. The number of hydrogen-bond acceptors (Lipinski definition) is 2. The molecule has 1 heterocycles. The van der Waals surface area contributed by atoms with Gasteiger partial charge in [0.15, 0.2) is 0 Å². The first-order valence-electron chi connectivity index (χ1n) is 3.65. The van der Waals surface area contributed by atoms with Crippen molar-refractivity contribution in [3.05, 3.63) is 0 Å². The predicted molar refractivity (Wildman–Crippen MR) is 39.6 cm³/mol. The maximum atomic E-state index is 11.0. The summed E-state index contributed by atoms with van der Waals surface area (Å²) in [6.45, 7) is 2.73. The summed E-state index contributed by atoms with van der Waals surface area (Å²) in [6, 6.07) is 0. The van der Waals surface area contributed by atoms with Gasteiger partial charge in [-0.1, -0.05) is 6.92 Å². The Kier molecular flexibility index (Phi) is 2.12. The summed E-state index contributed by atoms with van der Waals surface area (Å²) >= 11 is 0. The van der Waals surface area contributed by atoms with Crippen molar-refractivity contribution in [2.45, 2.75) is 13.3 Å². The molecule has 1 unspecified atom stereocenters. The van der Waals surface area contributed by atoms with Crippen molar-refractivity contribution in [3.8, 4) is 0 Å². The minimum Gasteiger partial charge on any atom is -0.368 e. The molecule has 0 spiro atoms. The molecule has 1 atom stereocenters. The van der Waals surface area contributed by atoms with Gasteiger partial charge in [0.25, 0.3) is 0 Å². The molecule has 0 saturated carbocycles. The second kappa shape index (κ2) is 2.90. The lowest BCUT2D eigenvalue weighted by atomic mass is 10.2. The summed E-state index contributed by atoms with van der Waals surface area (Å²) in [5.74, 6) is -0.0365. The van der Waals surface area contributed by atoms with E-state index in [-0.39, 0.29) is 12.5 Å². The average Bonchev–Trinajstić information content (AvgIpc) is 2.09. The Balaban J connectivity index is 2.47. The van der Waals surface area contributed by atoms with Gasteiger partial charge in [-0.3, -0.25) is 9.59 Å². The monoisotopic (exact) mass is 156 g/mol. The number of hydrogen-bond donors (Lipinski definition) is 1. The third-order valence-corrected chi connectivity index (χ3v) is 1.75. The molecule has 0 aliphatic carbocycles. The molecule has 1 fully saturated rings. The summed E-state index contributed by atoms with van der Waals surface area (Å²) in [4.78, 5) is 23.0. The molecule has 0 bridgehead atoms. The maximum absolute atomic E-state index is 11.0. The Labute approximate surface area is 65.3 Å². The van der Waals surface area contributed by atoms with Gasteiger partial charge in [0, 0.05) is 13.0 Å². The van der Waals surface area contributed by atoms with Gasteiger partial charge >= 0.3 is 0 Å². The highest BCUT2D eigenvalue weighted by Crippen LogP contribution is 2.15. The molecule has 62 valence electrons. The van der Waals surface area contributed by atoms with Crippen LogP contribution in [0.3, 0.4) is 0 Å². The van der Waals surface area contributed by atoms with Crippen molar-refractivity contribution in [3.63, 3.8) is 0 Å². The van der Waals surface area contributed by atoms with E-state index in [0.717, 1.165) is 0 Å². The molecule has 0 aromatic heterocycles. The highest BCUT2D eigenvalue weighted by molar-refractivity contribution is 5.85. The van der Waals surface area contributed by atoms with Crippen molar-refractivity contribution in [1.29, 1.82) is 0 Å². The molecular formula is C7H12N2O2. The van der Waals surface area contributed by atoms with E-state index < -0.39 is 5.91 Å². The summed E-state index contributed by atoms with van der Waals surface area (Å²) in [5.41, 5.74) is 4.95. The van der Waals surface area contributed by atoms with Crippen molar-refractivity contribution in [2.75, 3.05) is 13.1 Å². The van der Waals surface area contributed by atoms with Crippen molar-refractivity contribution in [1.82, 2.24) is 4.90 Å². The summed E-state index contributed by atoms with van der Waals surface area (Å²) < 4.78 is 0. The zero-order valence-electron chi connectivity index (χ0n) is 6.54. The van der Waals surface area contributed by atoms with E-state index in [4.69, 9.17) is 5.73 Å². The number of amides is 2. The van der Waals surface area contributed by atoms with Gasteiger partial charge in [-0.25, -0.2) is 0 Å². The van der Waals surface area contributed by atoms with E-state index in [1.165, 1.54) is 4.90 Å². The molecule has 4 heteroatoms. The van der Waals surface area contributed by atoms with E-state index in [1.807, 2.05) is 6.92 Å². The van der Waals surface area contributed by atoms with E-state index in [1.54, 1.807) is 0 Å². The number of nitrogens with two attached hydrogens (primary N) is 1. The molecule has 1 rings (SSSR count). The van der Waals surface area contributed by atoms with Crippen LogP contribution in [-0.2, 0) is 9.59 Å². The van der Waals surface area contributed by atoms with Crippen molar-refractivity contribution >= 4 is 11.8 Å².